The van der Waals surface area contributed by atoms with Crippen LogP contribution in [0.1, 0.15) is 17.6 Å². The summed E-state index contributed by atoms with van der Waals surface area (Å²) in [5.41, 5.74) is -2.47. The Morgan fingerprint density at radius 2 is 2.24 bits per heavy atom. The summed E-state index contributed by atoms with van der Waals surface area (Å²) in [5, 5.41) is 18.5. The molecule has 1 aromatic heterocycles. The Bertz CT molecular complexity index is 481. The number of rotatable bonds is 4. The Morgan fingerprint density at radius 1 is 1.65 bits per heavy atom. The molecule has 1 rings (SSSR count). The van der Waals surface area contributed by atoms with Crippen molar-refractivity contribution in [1.82, 2.24) is 4.98 Å². The summed E-state index contributed by atoms with van der Waals surface area (Å²) in [6.45, 7) is 0. The lowest BCUT2D eigenvalue weighted by Gasteiger charge is -2.06. The molecule has 0 bridgehead atoms. The van der Waals surface area contributed by atoms with E-state index in [1.54, 1.807) is 0 Å². The number of nitro groups is 1. The van der Waals surface area contributed by atoms with Gasteiger partial charge in [-0.25, -0.2) is 13.8 Å². The number of halogens is 3. The Balaban J connectivity index is 3.47. The zero-order valence-corrected chi connectivity index (χ0v) is 8.82. The molecule has 0 saturated carbocycles. The highest BCUT2D eigenvalue weighted by atomic mass is 35.5. The molecule has 0 aliphatic rings. The lowest BCUT2D eigenvalue weighted by atomic mass is 10.1. The molecule has 0 aromatic carbocycles. The Hall–Kier alpha value is -1.83. The second-order valence-corrected chi connectivity index (χ2v) is 3.32. The van der Waals surface area contributed by atoms with Crippen LogP contribution in [0.25, 0.3) is 0 Å². The van der Waals surface area contributed by atoms with Gasteiger partial charge in [-0.1, -0.05) is 11.6 Å². The number of pyridine rings is 1. The third kappa shape index (κ3) is 2.84. The molecule has 17 heavy (non-hydrogen) atoms. The third-order valence-corrected chi connectivity index (χ3v) is 2.16. The van der Waals surface area contributed by atoms with Crippen molar-refractivity contribution >= 4 is 23.3 Å². The lowest BCUT2D eigenvalue weighted by Crippen LogP contribution is -2.08. The average molecular weight is 267 g/mol. The summed E-state index contributed by atoms with van der Waals surface area (Å²) in [6, 6.07) is 0. The zero-order chi connectivity index (χ0) is 13.2. The molecular formula is C8H5ClF2N2O4. The predicted molar refractivity (Wildman–Crippen MR) is 52.2 cm³/mol. The number of aliphatic carboxylic acids is 1. The van der Waals surface area contributed by atoms with Gasteiger partial charge in [-0.3, -0.25) is 14.9 Å². The van der Waals surface area contributed by atoms with Crippen LogP contribution in [0.4, 0.5) is 14.5 Å². The molecule has 0 spiro atoms. The summed E-state index contributed by atoms with van der Waals surface area (Å²) < 4.78 is 25.2. The van der Waals surface area contributed by atoms with Crippen LogP contribution in [0.2, 0.25) is 5.15 Å². The topological polar surface area (TPSA) is 93.3 Å². The van der Waals surface area contributed by atoms with E-state index in [0.717, 1.165) is 6.20 Å². The number of hydrogen-bond acceptors (Lipinski definition) is 4. The number of carboxylic acids is 1. The average Bonchev–Trinajstić information content (AvgIpc) is 2.18. The van der Waals surface area contributed by atoms with Gasteiger partial charge in [0.25, 0.3) is 12.1 Å². The highest BCUT2D eigenvalue weighted by Crippen LogP contribution is 2.36. The molecule has 0 saturated heterocycles. The molecule has 92 valence electrons. The normalized spacial score (nSPS) is 10.6. The fourth-order valence-corrected chi connectivity index (χ4v) is 1.46. The van der Waals surface area contributed by atoms with Crippen LogP contribution < -0.4 is 0 Å². The Morgan fingerprint density at radius 3 is 2.65 bits per heavy atom. The molecule has 0 amide bonds. The maximum absolute atomic E-state index is 12.6. The van der Waals surface area contributed by atoms with E-state index in [9.17, 15) is 23.7 Å². The molecule has 0 unspecified atom stereocenters. The van der Waals surface area contributed by atoms with Gasteiger partial charge in [0, 0.05) is 6.20 Å². The van der Waals surface area contributed by atoms with Crippen LogP contribution in [-0.4, -0.2) is 21.0 Å². The van der Waals surface area contributed by atoms with Gasteiger partial charge in [-0.15, -0.1) is 0 Å². The second kappa shape index (κ2) is 5.00. The molecule has 0 aliphatic carbocycles. The van der Waals surface area contributed by atoms with Gasteiger partial charge < -0.3 is 5.11 Å². The van der Waals surface area contributed by atoms with Crippen molar-refractivity contribution in [2.45, 2.75) is 12.8 Å². The van der Waals surface area contributed by atoms with E-state index in [1.807, 2.05) is 0 Å². The smallest absolute Gasteiger partial charge is 0.308 e. The molecule has 9 heteroatoms. The van der Waals surface area contributed by atoms with Crippen LogP contribution in [0.15, 0.2) is 6.20 Å². The zero-order valence-electron chi connectivity index (χ0n) is 8.06. The molecule has 1 heterocycles. The van der Waals surface area contributed by atoms with Gasteiger partial charge >= 0.3 is 5.97 Å². The second-order valence-electron chi connectivity index (χ2n) is 2.96. The van der Waals surface area contributed by atoms with Crippen LogP contribution >= 0.6 is 11.6 Å². The maximum atomic E-state index is 12.6. The van der Waals surface area contributed by atoms with Crippen LogP contribution in [0.5, 0.6) is 0 Å². The van der Waals surface area contributed by atoms with Crippen molar-refractivity contribution in [3.8, 4) is 0 Å². The molecule has 0 aliphatic heterocycles. The molecule has 0 fully saturated rings. The predicted octanol–water partition coefficient (Wildman–Crippen LogP) is 2.21. The first-order valence-corrected chi connectivity index (χ1v) is 4.54. The number of nitrogens with zero attached hydrogens (tertiary/aromatic N) is 2. The quantitative estimate of drug-likeness (QED) is 0.512. The lowest BCUT2D eigenvalue weighted by molar-refractivity contribution is -0.387. The van der Waals surface area contributed by atoms with E-state index in [-0.39, 0.29) is 0 Å². The van der Waals surface area contributed by atoms with Gasteiger partial charge in [-0.2, -0.15) is 0 Å². The minimum Gasteiger partial charge on any atom is -0.481 e. The first-order chi connectivity index (χ1) is 7.84. The monoisotopic (exact) mass is 266 g/mol. The van der Waals surface area contributed by atoms with Crippen molar-refractivity contribution < 1.29 is 23.6 Å². The van der Waals surface area contributed by atoms with Gasteiger partial charge in [0.2, 0.25) is 0 Å². The van der Waals surface area contributed by atoms with E-state index in [2.05, 4.69) is 4.98 Å². The SMILES string of the molecule is O=C(O)Cc1cnc(Cl)c(C(F)F)c1[N+](=O)[O-]. The number of carbonyl (C=O) groups is 1. The number of alkyl halides is 2. The van der Waals surface area contributed by atoms with Crippen molar-refractivity contribution in [3.05, 3.63) is 32.6 Å². The summed E-state index contributed by atoms with van der Waals surface area (Å²) in [6.07, 6.45) is -3.18. The maximum Gasteiger partial charge on any atom is 0.308 e. The molecule has 1 aromatic rings. The fourth-order valence-electron chi connectivity index (χ4n) is 1.24. The number of aromatic nitrogens is 1. The van der Waals surface area contributed by atoms with Gasteiger partial charge in [0.05, 0.1) is 16.9 Å². The Kier molecular flexibility index (Phi) is 3.89. The van der Waals surface area contributed by atoms with E-state index in [0.29, 0.717) is 0 Å². The van der Waals surface area contributed by atoms with Gasteiger partial charge in [0.15, 0.2) is 0 Å². The molecule has 1 N–H and O–H groups in total. The standard InChI is InChI=1S/C8H5ClF2N2O4/c9-7-5(8(10)11)6(13(16)17)3(2-12-7)1-4(14)15/h2,8H,1H2,(H,14,15). The molecule has 0 radical (unpaired) electrons. The minimum absolute atomic E-state index is 0.415. The van der Waals surface area contributed by atoms with E-state index in [1.165, 1.54) is 0 Å². The molecular weight excluding hydrogens is 262 g/mol. The molecule has 6 nitrogen and oxygen atoms in total. The Labute approximate surface area is 98.0 Å². The van der Waals surface area contributed by atoms with E-state index >= 15 is 0 Å². The van der Waals surface area contributed by atoms with Gasteiger partial charge in [0.1, 0.15) is 10.7 Å². The van der Waals surface area contributed by atoms with Crippen LogP contribution in [-0.2, 0) is 11.2 Å². The van der Waals surface area contributed by atoms with E-state index < -0.39 is 45.7 Å². The third-order valence-electron chi connectivity index (χ3n) is 1.86. The first kappa shape index (κ1) is 13.2. The highest BCUT2D eigenvalue weighted by Gasteiger charge is 2.30. The van der Waals surface area contributed by atoms with Crippen molar-refractivity contribution in [1.29, 1.82) is 0 Å². The number of carboxylic acid groups (broad SMARTS) is 1. The summed E-state index contributed by atoms with van der Waals surface area (Å²) in [4.78, 5) is 23.3. The summed E-state index contributed by atoms with van der Waals surface area (Å²) in [5.74, 6) is -1.39. The number of hydrogen-bond donors (Lipinski definition) is 1. The largest absolute Gasteiger partial charge is 0.481 e. The molecule has 0 atom stereocenters. The first-order valence-electron chi connectivity index (χ1n) is 4.16. The van der Waals surface area contributed by atoms with Crippen LogP contribution in [0.3, 0.4) is 0 Å². The van der Waals surface area contributed by atoms with Crippen molar-refractivity contribution in [2.24, 2.45) is 0 Å². The fraction of sp³-hybridized carbons (Fsp3) is 0.250. The highest BCUT2D eigenvalue weighted by molar-refractivity contribution is 6.30. The summed E-state index contributed by atoms with van der Waals surface area (Å²) in [7, 11) is 0. The minimum atomic E-state index is -3.20. The van der Waals surface area contributed by atoms with E-state index in [4.69, 9.17) is 16.7 Å². The van der Waals surface area contributed by atoms with Crippen molar-refractivity contribution in [2.75, 3.05) is 0 Å². The van der Waals surface area contributed by atoms with Crippen molar-refractivity contribution in [3.63, 3.8) is 0 Å². The summed E-state index contributed by atoms with van der Waals surface area (Å²) >= 11 is 5.33. The van der Waals surface area contributed by atoms with Gasteiger partial charge in [-0.05, 0) is 0 Å². The van der Waals surface area contributed by atoms with Crippen LogP contribution in [0, 0.1) is 10.1 Å².